The summed E-state index contributed by atoms with van der Waals surface area (Å²) in [5.74, 6) is 0.949. The molecule has 0 aliphatic carbocycles. The van der Waals surface area contributed by atoms with Gasteiger partial charge in [0.05, 0.1) is 6.54 Å². The number of likely N-dealkylation sites (N-methyl/N-ethyl adjacent to an activating group) is 1. The number of nitrogens with one attached hydrogen (secondary N) is 1. The number of likely N-dealkylation sites (tertiary alicyclic amines) is 2. The minimum absolute atomic E-state index is 0.240. The number of benzene rings is 1. The van der Waals surface area contributed by atoms with Crippen molar-refractivity contribution < 1.29 is 9.59 Å². The molecule has 6 nitrogen and oxygen atoms in total. The highest BCUT2D eigenvalue weighted by molar-refractivity contribution is 5.78. The third-order valence-electron chi connectivity index (χ3n) is 6.22. The van der Waals surface area contributed by atoms with Crippen LogP contribution in [-0.2, 0) is 4.79 Å². The van der Waals surface area contributed by atoms with Crippen LogP contribution in [0, 0.1) is 6.92 Å². The molecule has 4 rings (SSSR count). The molecule has 0 bridgehead atoms. The first-order valence-corrected chi connectivity index (χ1v) is 11.2. The van der Waals surface area contributed by atoms with Crippen LogP contribution < -0.4 is 5.32 Å². The number of amides is 1. The molecule has 2 aromatic rings. The second kappa shape index (κ2) is 11.7. The number of carbonyl (C=O) groups is 2. The zero-order valence-corrected chi connectivity index (χ0v) is 18.7. The van der Waals surface area contributed by atoms with Crippen LogP contribution in [-0.4, -0.2) is 72.8 Å². The van der Waals surface area contributed by atoms with Crippen molar-refractivity contribution in [1.29, 1.82) is 0 Å². The molecule has 2 saturated heterocycles. The molecule has 2 aliphatic heterocycles. The molecule has 6 heteroatoms. The monoisotopic (exact) mass is 422 g/mol. The number of hydrogen-bond donors (Lipinski definition) is 1. The van der Waals surface area contributed by atoms with E-state index in [4.69, 9.17) is 0 Å². The standard InChI is InChI=1S/C18H27N3O.C7H7NO/c1-19-13-18(22)21-12-9-17(14-21)20-10-7-16(8-11-20)15-5-3-2-4-6-15;1-6-4-7(5-9)2-3-8-6/h2-6,16-17,19H,7-14H2,1H3;2-5H,1H3. The van der Waals surface area contributed by atoms with Crippen LogP contribution in [0.25, 0.3) is 0 Å². The number of piperidine rings is 1. The van der Waals surface area contributed by atoms with Gasteiger partial charge in [0.25, 0.3) is 0 Å². The number of pyridine rings is 1. The number of rotatable bonds is 5. The summed E-state index contributed by atoms with van der Waals surface area (Å²) in [6, 6.07) is 14.9. The Balaban J connectivity index is 0.000000254. The smallest absolute Gasteiger partial charge is 0.236 e. The van der Waals surface area contributed by atoms with Gasteiger partial charge in [-0.1, -0.05) is 30.3 Å². The molecule has 0 saturated carbocycles. The lowest BCUT2D eigenvalue weighted by atomic mass is 9.89. The van der Waals surface area contributed by atoms with Gasteiger partial charge in [0.2, 0.25) is 5.91 Å². The quantitative estimate of drug-likeness (QED) is 0.751. The van der Waals surface area contributed by atoms with Crippen LogP contribution in [0.1, 0.15) is 46.8 Å². The highest BCUT2D eigenvalue weighted by atomic mass is 16.2. The molecule has 166 valence electrons. The second-order valence-electron chi connectivity index (χ2n) is 8.38. The number of aromatic nitrogens is 1. The molecular weight excluding hydrogens is 388 g/mol. The topological polar surface area (TPSA) is 65.5 Å². The lowest BCUT2D eigenvalue weighted by molar-refractivity contribution is -0.129. The highest BCUT2D eigenvalue weighted by Gasteiger charge is 2.32. The largest absolute Gasteiger partial charge is 0.340 e. The lowest BCUT2D eigenvalue weighted by Gasteiger charge is -2.36. The van der Waals surface area contributed by atoms with Crippen LogP contribution in [0.3, 0.4) is 0 Å². The Morgan fingerprint density at radius 1 is 1.13 bits per heavy atom. The van der Waals surface area contributed by atoms with E-state index < -0.39 is 0 Å². The van der Waals surface area contributed by atoms with E-state index in [-0.39, 0.29) is 5.91 Å². The predicted octanol–water partition coefficient (Wildman–Crippen LogP) is 2.89. The fraction of sp³-hybridized carbons (Fsp3) is 0.480. The van der Waals surface area contributed by atoms with Crippen LogP contribution in [0.15, 0.2) is 48.7 Å². The Kier molecular flexibility index (Phi) is 8.74. The molecule has 3 heterocycles. The minimum atomic E-state index is 0.240. The van der Waals surface area contributed by atoms with Crippen molar-refractivity contribution in [3.05, 3.63) is 65.5 Å². The van der Waals surface area contributed by atoms with E-state index in [2.05, 4.69) is 45.5 Å². The molecule has 1 N–H and O–H groups in total. The molecule has 1 unspecified atom stereocenters. The molecule has 1 aromatic carbocycles. The van der Waals surface area contributed by atoms with Gasteiger partial charge < -0.3 is 10.2 Å². The molecule has 1 atom stereocenters. The van der Waals surface area contributed by atoms with E-state index in [0.29, 0.717) is 24.1 Å². The first-order chi connectivity index (χ1) is 15.1. The summed E-state index contributed by atoms with van der Waals surface area (Å²) in [5.41, 5.74) is 3.04. The lowest BCUT2D eigenvalue weighted by Crippen LogP contribution is -2.44. The van der Waals surface area contributed by atoms with Gasteiger partial charge in [-0.3, -0.25) is 19.5 Å². The first-order valence-electron chi connectivity index (χ1n) is 11.2. The van der Waals surface area contributed by atoms with Crippen molar-refractivity contribution in [3.8, 4) is 0 Å². The van der Waals surface area contributed by atoms with E-state index in [9.17, 15) is 9.59 Å². The molecule has 0 spiro atoms. The molecule has 1 aromatic heterocycles. The Morgan fingerprint density at radius 3 is 2.48 bits per heavy atom. The van der Waals surface area contributed by atoms with Gasteiger partial charge in [0, 0.05) is 36.6 Å². The summed E-state index contributed by atoms with van der Waals surface area (Å²) in [7, 11) is 1.83. The molecule has 2 fully saturated rings. The SMILES string of the molecule is CNCC(=O)N1CCC(N2CCC(c3ccccc3)CC2)C1.Cc1cc(C=O)ccn1. The average Bonchev–Trinajstić information content (AvgIpc) is 3.31. The number of hydrogen-bond acceptors (Lipinski definition) is 5. The van der Waals surface area contributed by atoms with Gasteiger partial charge in [0.1, 0.15) is 6.29 Å². The highest BCUT2D eigenvalue weighted by Crippen LogP contribution is 2.30. The van der Waals surface area contributed by atoms with E-state index in [0.717, 1.165) is 44.6 Å². The Hall–Kier alpha value is -2.57. The van der Waals surface area contributed by atoms with Gasteiger partial charge >= 0.3 is 0 Å². The van der Waals surface area contributed by atoms with E-state index in [1.165, 1.54) is 18.4 Å². The van der Waals surface area contributed by atoms with Gasteiger partial charge in [-0.25, -0.2) is 0 Å². The van der Waals surface area contributed by atoms with E-state index in [1.54, 1.807) is 18.3 Å². The number of carbonyl (C=O) groups excluding carboxylic acids is 2. The fourth-order valence-corrected chi connectivity index (χ4v) is 4.49. The summed E-state index contributed by atoms with van der Waals surface area (Å²) in [6.45, 7) is 6.48. The average molecular weight is 423 g/mol. The van der Waals surface area contributed by atoms with Crippen molar-refractivity contribution in [2.45, 2.75) is 38.1 Å². The van der Waals surface area contributed by atoms with Gasteiger partial charge in [-0.15, -0.1) is 0 Å². The zero-order valence-electron chi connectivity index (χ0n) is 18.7. The fourth-order valence-electron chi connectivity index (χ4n) is 4.49. The minimum Gasteiger partial charge on any atom is -0.340 e. The molecule has 0 radical (unpaired) electrons. The van der Waals surface area contributed by atoms with Crippen LogP contribution >= 0.6 is 0 Å². The summed E-state index contributed by atoms with van der Waals surface area (Å²) >= 11 is 0. The van der Waals surface area contributed by atoms with Crippen molar-refractivity contribution in [1.82, 2.24) is 20.1 Å². The maximum atomic E-state index is 12.0. The molecule has 31 heavy (non-hydrogen) atoms. The van der Waals surface area contributed by atoms with Crippen molar-refractivity contribution in [3.63, 3.8) is 0 Å². The number of nitrogens with zero attached hydrogens (tertiary/aromatic N) is 3. The summed E-state index contributed by atoms with van der Waals surface area (Å²) in [6.07, 6.45) is 6.05. The van der Waals surface area contributed by atoms with Gasteiger partial charge in [-0.05, 0) is 69.9 Å². The second-order valence-corrected chi connectivity index (χ2v) is 8.38. The van der Waals surface area contributed by atoms with Gasteiger partial charge in [0.15, 0.2) is 0 Å². The maximum absolute atomic E-state index is 12.0. The Bertz CT molecular complexity index is 834. The van der Waals surface area contributed by atoms with Crippen molar-refractivity contribution in [2.24, 2.45) is 0 Å². The Morgan fingerprint density at radius 2 is 1.87 bits per heavy atom. The van der Waals surface area contributed by atoms with Crippen molar-refractivity contribution >= 4 is 12.2 Å². The third kappa shape index (κ3) is 6.71. The number of aldehydes is 1. The van der Waals surface area contributed by atoms with Crippen LogP contribution in [0.4, 0.5) is 0 Å². The molecule has 1 amide bonds. The van der Waals surface area contributed by atoms with Crippen LogP contribution in [0.2, 0.25) is 0 Å². The normalized spacial score (nSPS) is 19.5. The van der Waals surface area contributed by atoms with Gasteiger partial charge in [-0.2, -0.15) is 0 Å². The first kappa shape index (κ1) is 23.1. The molecular formula is C25H34N4O2. The number of aryl methyl sites for hydroxylation is 1. The molecule has 2 aliphatic rings. The summed E-state index contributed by atoms with van der Waals surface area (Å²) in [4.78, 5) is 30.6. The zero-order chi connectivity index (χ0) is 22.1. The van der Waals surface area contributed by atoms with E-state index >= 15 is 0 Å². The third-order valence-corrected chi connectivity index (χ3v) is 6.22. The van der Waals surface area contributed by atoms with Crippen LogP contribution in [0.5, 0.6) is 0 Å². The summed E-state index contributed by atoms with van der Waals surface area (Å²) in [5, 5.41) is 2.96. The van der Waals surface area contributed by atoms with E-state index in [1.807, 2.05) is 18.9 Å². The predicted molar refractivity (Wildman–Crippen MR) is 123 cm³/mol. The van der Waals surface area contributed by atoms with Crippen molar-refractivity contribution in [2.75, 3.05) is 39.8 Å². The Labute approximate surface area is 185 Å². The maximum Gasteiger partial charge on any atom is 0.236 e. The summed E-state index contributed by atoms with van der Waals surface area (Å²) < 4.78 is 0.